The second kappa shape index (κ2) is 51.1. The van der Waals surface area contributed by atoms with Crippen LogP contribution in [0.2, 0.25) is 0 Å². The molecule has 0 aliphatic heterocycles. The first kappa shape index (κ1) is 65.8. The number of unbranched alkanes of at least 4 members (excludes halogenated alkanes) is 25. The van der Waals surface area contributed by atoms with Crippen molar-refractivity contribution >= 4 is 17.9 Å². The summed E-state index contributed by atoms with van der Waals surface area (Å²) in [5.74, 6) is -1.76. The third kappa shape index (κ3) is 49.5. The van der Waals surface area contributed by atoms with Crippen molar-refractivity contribution in [2.24, 2.45) is 0 Å². The molecular formula is C61H107NO7. The van der Waals surface area contributed by atoms with Crippen molar-refractivity contribution in [3.63, 3.8) is 0 Å². The van der Waals surface area contributed by atoms with Gasteiger partial charge in [-0.25, -0.2) is 0 Å². The van der Waals surface area contributed by atoms with Crippen LogP contribution in [0.3, 0.4) is 0 Å². The minimum absolute atomic E-state index is 0.0291. The molecule has 0 aliphatic carbocycles. The van der Waals surface area contributed by atoms with Gasteiger partial charge in [-0.1, -0.05) is 234 Å². The summed E-state index contributed by atoms with van der Waals surface area (Å²) in [5.41, 5.74) is 0. The van der Waals surface area contributed by atoms with Gasteiger partial charge in [0.25, 0.3) is 0 Å². The molecule has 0 saturated carbocycles. The van der Waals surface area contributed by atoms with Gasteiger partial charge in [0.15, 0.2) is 6.10 Å². The molecule has 0 N–H and O–H groups in total. The van der Waals surface area contributed by atoms with Crippen LogP contribution in [0.5, 0.6) is 0 Å². The van der Waals surface area contributed by atoms with Crippen LogP contribution in [0.4, 0.5) is 0 Å². The summed E-state index contributed by atoms with van der Waals surface area (Å²) in [4.78, 5) is 37.2. The number of hydrogen-bond donors (Lipinski definition) is 0. The average molecular weight is 967 g/mol. The van der Waals surface area contributed by atoms with E-state index in [1.807, 2.05) is 0 Å². The van der Waals surface area contributed by atoms with Gasteiger partial charge in [0, 0.05) is 19.3 Å². The van der Waals surface area contributed by atoms with Gasteiger partial charge in [-0.05, 0) is 64.2 Å². The number of likely N-dealkylation sites (N-methyl/N-ethyl adjacent to an activating group) is 1. The molecule has 2 atom stereocenters. The fourth-order valence-electron chi connectivity index (χ4n) is 8.25. The molecule has 8 heteroatoms. The van der Waals surface area contributed by atoms with Crippen molar-refractivity contribution in [1.82, 2.24) is 0 Å². The Morgan fingerprint density at radius 2 is 0.812 bits per heavy atom. The van der Waals surface area contributed by atoms with E-state index in [4.69, 9.17) is 14.2 Å². The van der Waals surface area contributed by atoms with Crippen LogP contribution in [-0.2, 0) is 28.6 Å². The zero-order chi connectivity index (χ0) is 50.6. The quantitative estimate of drug-likeness (QED) is 0.0259. The Morgan fingerprint density at radius 3 is 1.20 bits per heavy atom. The largest absolute Gasteiger partial charge is 0.544 e. The van der Waals surface area contributed by atoms with Crippen LogP contribution < -0.4 is 5.11 Å². The summed E-state index contributed by atoms with van der Waals surface area (Å²) in [7, 11) is 5.41. The zero-order valence-corrected chi connectivity index (χ0v) is 45.5. The van der Waals surface area contributed by atoms with E-state index in [1.165, 1.54) is 122 Å². The van der Waals surface area contributed by atoms with Gasteiger partial charge in [-0.3, -0.25) is 9.59 Å². The first-order valence-corrected chi connectivity index (χ1v) is 28.5. The van der Waals surface area contributed by atoms with Gasteiger partial charge >= 0.3 is 11.9 Å². The minimum atomic E-state index is -1.13. The monoisotopic (exact) mass is 966 g/mol. The van der Waals surface area contributed by atoms with E-state index >= 15 is 0 Å². The number of aliphatic carboxylic acids is 1. The van der Waals surface area contributed by atoms with Crippen LogP contribution in [0.25, 0.3) is 0 Å². The molecule has 0 aromatic heterocycles. The number of quaternary nitrogens is 1. The molecule has 0 amide bonds. The Kier molecular flexibility index (Phi) is 48.7. The van der Waals surface area contributed by atoms with E-state index in [9.17, 15) is 19.5 Å². The lowest BCUT2D eigenvalue weighted by Crippen LogP contribution is -2.55. The highest BCUT2D eigenvalue weighted by Crippen LogP contribution is 2.16. The lowest BCUT2D eigenvalue weighted by molar-refractivity contribution is -0.889. The molecule has 0 heterocycles. The Hall–Kier alpha value is -3.23. The van der Waals surface area contributed by atoms with Crippen LogP contribution >= 0.6 is 0 Å². The summed E-state index contributed by atoms with van der Waals surface area (Å²) in [6.07, 6.45) is 66.6. The summed E-state index contributed by atoms with van der Waals surface area (Å²) in [6, 6.07) is -0.734. The molecule has 0 rings (SSSR count). The molecule has 0 fully saturated rings. The predicted octanol–water partition coefficient (Wildman–Crippen LogP) is 15.7. The number of carbonyl (C=O) groups is 3. The van der Waals surface area contributed by atoms with Crippen molar-refractivity contribution in [3.05, 3.63) is 72.9 Å². The number of esters is 2. The molecular weight excluding hydrogens is 859 g/mol. The highest BCUT2D eigenvalue weighted by molar-refractivity contribution is 5.70. The van der Waals surface area contributed by atoms with Gasteiger partial charge in [-0.15, -0.1) is 0 Å². The summed E-state index contributed by atoms with van der Waals surface area (Å²) in [6.45, 7) is 4.55. The number of allylic oxidation sites excluding steroid dienone is 12. The topological polar surface area (TPSA) is 102 Å². The zero-order valence-electron chi connectivity index (χ0n) is 45.5. The van der Waals surface area contributed by atoms with Crippen LogP contribution in [0.1, 0.15) is 245 Å². The highest BCUT2D eigenvalue weighted by Gasteiger charge is 2.25. The molecule has 0 bridgehead atoms. The van der Waals surface area contributed by atoms with Crippen molar-refractivity contribution in [2.75, 3.05) is 41.0 Å². The van der Waals surface area contributed by atoms with E-state index < -0.39 is 18.1 Å². The molecule has 8 nitrogen and oxygen atoms in total. The molecule has 398 valence electrons. The number of ether oxygens (including phenoxy) is 3. The molecule has 0 radical (unpaired) electrons. The van der Waals surface area contributed by atoms with E-state index in [1.54, 1.807) is 21.1 Å². The van der Waals surface area contributed by atoms with E-state index in [-0.39, 0.29) is 49.1 Å². The molecule has 0 saturated heterocycles. The molecule has 0 aliphatic rings. The van der Waals surface area contributed by atoms with E-state index in [2.05, 4.69) is 86.8 Å². The summed E-state index contributed by atoms with van der Waals surface area (Å²) < 4.78 is 17.3. The molecule has 0 aromatic rings. The van der Waals surface area contributed by atoms with Gasteiger partial charge in [0.05, 0.1) is 40.3 Å². The Bertz CT molecular complexity index is 1360. The SMILES string of the molecule is CC/C=C/C/C=C/C/C=C/C/C=C/C/C=C/C/C=C/CCCCCCC(=O)OC(COCCC(C(=O)[O-])[N+](C)(C)C)COC(=O)CCCCCCCCCCCCCCCCCCCCCCCC. The van der Waals surface area contributed by atoms with Gasteiger partial charge in [0.2, 0.25) is 0 Å². The van der Waals surface area contributed by atoms with Crippen molar-refractivity contribution in [2.45, 2.75) is 257 Å². The highest BCUT2D eigenvalue weighted by atomic mass is 16.6. The first-order chi connectivity index (χ1) is 33.6. The Labute approximate surface area is 425 Å². The maximum absolute atomic E-state index is 12.8. The predicted molar refractivity (Wildman–Crippen MR) is 291 cm³/mol. The molecule has 69 heavy (non-hydrogen) atoms. The van der Waals surface area contributed by atoms with Crippen molar-refractivity contribution in [1.29, 1.82) is 0 Å². The number of carboxylic acid groups (broad SMARTS) is 1. The van der Waals surface area contributed by atoms with Gasteiger partial charge in [0.1, 0.15) is 12.6 Å². The van der Waals surface area contributed by atoms with Crippen molar-refractivity contribution in [3.8, 4) is 0 Å². The van der Waals surface area contributed by atoms with Gasteiger partial charge < -0.3 is 28.6 Å². The van der Waals surface area contributed by atoms with Crippen LogP contribution in [-0.4, -0.2) is 75.5 Å². The maximum Gasteiger partial charge on any atom is 0.306 e. The fraction of sp³-hybridized carbons (Fsp3) is 0.754. The normalized spacial score (nSPS) is 13.3. The van der Waals surface area contributed by atoms with Gasteiger partial charge in [-0.2, -0.15) is 0 Å². The lowest BCUT2D eigenvalue weighted by Gasteiger charge is -2.34. The third-order valence-electron chi connectivity index (χ3n) is 12.6. The standard InChI is InChI=1S/C61H107NO7/c1-6-8-10-12-14-16-18-20-22-24-26-28-30-32-34-36-38-40-42-44-46-48-50-52-60(64)69-57(55-67-54-53-58(61(65)66)62(3,4)5)56-68-59(63)51-49-47-45-43-41-39-37-35-33-31-29-27-25-23-21-19-17-15-13-11-9-7-2/h8,10,14,16,20,22,26,28,32,34,38,40,57-58H,6-7,9,11-13,15,17-19,21,23-25,27,29-31,33,35-37,39,41-56H2,1-5H3/b10-8+,16-14+,22-20+,28-26+,34-32+,40-38+. The van der Waals surface area contributed by atoms with Crippen molar-refractivity contribution < 1.29 is 38.2 Å². The van der Waals surface area contributed by atoms with E-state index in [0.717, 1.165) is 89.9 Å². The average Bonchev–Trinajstić information content (AvgIpc) is 3.31. The molecule has 0 aromatic carbocycles. The third-order valence-corrected chi connectivity index (χ3v) is 12.6. The number of carboxylic acids is 1. The summed E-state index contributed by atoms with van der Waals surface area (Å²) in [5, 5.41) is 11.7. The smallest absolute Gasteiger partial charge is 0.306 e. The number of carbonyl (C=O) groups excluding carboxylic acids is 3. The first-order valence-electron chi connectivity index (χ1n) is 28.5. The Balaban J connectivity index is 4.23. The van der Waals surface area contributed by atoms with Crippen LogP contribution in [0, 0.1) is 0 Å². The number of rotatable bonds is 51. The fourth-order valence-corrected chi connectivity index (χ4v) is 8.25. The second-order valence-electron chi connectivity index (χ2n) is 20.2. The maximum atomic E-state index is 12.8. The Morgan fingerprint density at radius 1 is 0.449 bits per heavy atom. The minimum Gasteiger partial charge on any atom is -0.544 e. The summed E-state index contributed by atoms with van der Waals surface area (Å²) >= 11 is 0. The lowest BCUT2D eigenvalue weighted by atomic mass is 10.0. The number of nitrogens with zero attached hydrogens (tertiary/aromatic N) is 1. The molecule has 0 spiro atoms. The van der Waals surface area contributed by atoms with E-state index in [0.29, 0.717) is 6.42 Å². The van der Waals surface area contributed by atoms with Crippen LogP contribution in [0.15, 0.2) is 72.9 Å². The number of hydrogen-bond acceptors (Lipinski definition) is 7. The molecule has 2 unspecified atom stereocenters. The second-order valence-corrected chi connectivity index (χ2v) is 20.2.